The van der Waals surface area contributed by atoms with Gasteiger partial charge in [0.05, 0.1) is 34.0 Å². The van der Waals surface area contributed by atoms with Gasteiger partial charge in [0.25, 0.3) is 0 Å². The summed E-state index contributed by atoms with van der Waals surface area (Å²) >= 11 is 0. The molecule has 0 radical (unpaired) electrons. The summed E-state index contributed by atoms with van der Waals surface area (Å²) in [6, 6.07) is 70.2. The Morgan fingerprint density at radius 3 is 1.92 bits per heavy atom. The van der Waals surface area contributed by atoms with Crippen LogP contribution in [0, 0.1) is 0 Å². The van der Waals surface area contributed by atoms with E-state index in [9.17, 15) is 0 Å². The Hall–Kier alpha value is -8.08. The predicted molar refractivity (Wildman–Crippen MR) is 263 cm³/mol. The van der Waals surface area contributed by atoms with E-state index in [4.69, 9.17) is 9.97 Å². The Morgan fingerprint density at radius 1 is 0.460 bits per heavy atom. The number of aromatic nitrogens is 3. The Labute approximate surface area is 365 Å². The summed E-state index contributed by atoms with van der Waals surface area (Å²) in [5.74, 6) is 0. The van der Waals surface area contributed by atoms with Gasteiger partial charge < -0.3 is 9.47 Å². The minimum absolute atomic E-state index is 0.151. The average molecular weight is 805 g/mol. The van der Waals surface area contributed by atoms with Crippen LogP contribution in [0.3, 0.4) is 0 Å². The molecule has 1 aliphatic carbocycles. The van der Waals surface area contributed by atoms with Crippen LogP contribution in [0.1, 0.15) is 24.5 Å². The second kappa shape index (κ2) is 13.7. The van der Waals surface area contributed by atoms with Crippen LogP contribution in [-0.4, -0.2) is 14.5 Å². The Morgan fingerprint density at radius 2 is 1.10 bits per heavy atom. The van der Waals surface area contributed by atoms with Crippen LogP contribution in [0.25, 0.3) is 88.0 Å². The van der Waals surface area contributed by atoms with E-state index in [1.807, 2.05) is 6.20 Å². The number of hydrogen-bond donors (Lipinski definition) is 0. The van der Waals surface area contributed by atoms with Crippen molar-refractivity contribution in [1.29, 1.82) is 0 Å². The number of fused-ring (bicyclic) bond motifs is 12. The minimum Gasteiger partial charge on any atom is -0.313 e. The molecule has 2 aromatic heterocycles. The van der Waals surface area contributed by atoms with Crippen molar-refractivity contribution in [3.8, 4) is 28.1 Å². The normalized spacial score (nSPS) is 15.9. The largest absolute Gasteiger partial charge is 0.313 e. The van der Waals surface area contributed by atoms with Crippen molar-refractivity contribution < 1.29 is 0 Å². The lowest BCUT2D eigenvalue weighted by atomic mass is 9.72. The quantitative estimate of drug-likeness (QED) is 0.163. The van der Waals surface area contributed by atoms with Crippen LogP contribution in [-0.2, 0) is 5.41 Å². The Balaban J connectivity index is 0.882. The van der Waals surface area contributed by atoms with Crippen molar-refractivity contribution >= 4 is 71.3 Å². The Bertz CT molecular complexity index is 3710. The van der Waals surface area contributed by atoms with E-state index in [0.717, 1.165) is 56.3 Å². The first-order valence-electron chi connectivity index (χ1n) is 21.8. The second-order valence-corrected chi connectivity index (χ2v) is 17.2. The minimum atomic E-state index is -0.151. The Kier molecular flexibility index (Phi) is 7.76. The maximum absolute atomic E-state index is 5.30. The highest BCUT2D eigenvalue weighted by Crippen LogP contribution is 2.56. The van der Waals surface area contributed by atoms with E-state index in [1.165, 1.54) is 66.4 Å². The summed E-state index contributed by atoms with van der Waals surface area (Å²) in [5, 5.41) is 7.14. The lowest BCUT2D eigenvalue weighted by Crippen LogP contribution is -2.28. The molecule has 4 heteroatoms. The van der Waals surface area contributed by atoms with Gasteiger partial charge in [0.2, 0.25) is 0 Å². The zero-order valence-electron chi connectivity index (χ0n) is 34.7. The number of rotatable bonds is 5. The fraction of sp³-hybridized carbons (Fsp3) is 0.0508. The van der Waals surface area contributed by atoms with E-state index in [1.54, 1.807) is 0 Å². The first kappa shape index (κ1) is 35.7. The van der Waals surface area contributed by atoms with Crippen molar-refractivity contribution in [2.45, 2.75) is 18.8 Å². The number of allylic oxidation sites excluding steroid dienone is 4. The summed E-state index contributed by atoms with van der Waals surface area (Å²) < 4.78 is 2.42. The number of benzene rings is 9. The molecule has 1 unspecified atom stereocenters. The maximum atomic E-state index is 5.30. The molecule has 0 saturated heterocycles. The van der Waals surface area contributed by atoms with Gasteiger partial charge in [0.15, 0.2) is 0 Å². The van der Waals surface area contributed by atoms with Gasteiger partial charge in [0, 0.05) is 55.3 Å². The third kappa shape index (κ3) is 5.41. The molecule has 4 nitrogen and oxygen atoms in total. The highest BCUT2D eigenvalue weighted by Gasteiger charge is 2.45. The fourth-order valence-corrected chi connectivity index (χ4v) is 10.7. The van der Waals surface area contributed by atoms with Gasteiger partial charge in [-0.1, -0.05) is 146 Å². The third-order valence-electron chi connectivity index (χ3n) is 13.6. The summed E-state index contributed by atoms with van der Waals surface area (Å²) in [5.41, 5.74) is 17.2. The summed E-state index contributed by atoms with van der Waals surface area (Å²) in [4.78, 5) is 12.8. The molecule has 13 rings (SSSR count). The highest BCUT2D eigenvalue weighted by molar-refractivity contribution is 6.23. The summed E-state index contributed by atoms with van der Waals surface area (Å²) in [7, 11) is 0. The molecule has 2 aliphatic rings. The van der Waals surface area contributed by atoms with Crippen LogP contribution in [0.15, 0.2) is 218 Å². The number of para-hydroxylation sites is 3. The third-order valence-corrected chi connectivity index (χ3v) is 13.6. The SMILES string of the molecule is CC12CC(c3ccc4c(c3)c3ccccc3n4-c3cccc(-c4cccc(-c5cnc6c7ccccc7c7ccccc7c6n5)c4)c3)=CC=C1N(c1ccccc1)c1ccccc12. The molecule has 3 heterocycles. The van der Waals surface area contributed by atoms with Crippen LogP contribution in [0.5, 0.6) is 0 Å². The topological polar surface area (TPSA) is 34.0 Å². The lowest BCUT2D eigenvalue weighted by molar-refractivity contribution is 0.586. The van der Waals surface area contributed by atoms with E-state index < -0.39 is 0 Å². The van der Waals surface area contributed by atoms with Crippen molar-refractivity contribution in [2.24, 2.45) is 0 Å². The van der Waals surface area contributed by atoms with Gasteiger partial charge in [-0.25, -0.2) is 4.98 Å². The van der Waals surface area contributed by atoms with Gasteiger partial charge >= 0.3 is 0 Å². The number of hydrogen-bond acceptors (Lipinski definition) is 3. The first-order valence-corrected chi connectivity index (χ1v) is 21.8. The molecule has 11 aromatic rings. The first-order chi connectivity index (χ1) is 31.1. The van der Waals surface area contributed by atoms with Crippen molar-refractivity contribution in [3.63, 3.8) is 0 Å². The molecule has 0 bridgehead atoms. The molecule has 0 saturated carbocycles. The molecule has 0 amide bonds. The molecule has 0 N–H and O–H groups in total. The van der Waals surface area contributed by atoms with Gasteiger partial charge in [-0.05, 0) is 113 Å². The number of anilines is 2. The van der Waals surface area contributed by atoms with Crippen molar-refractivity contribution in [1.82, 2.24) is 14.5 Å². The van der Waals surface area contributed by atoms with Crippen molar-refractivity contribution in [3.05, 3.63) is 229 Å². The molecule has 1 atom stereocenters. The molecule has 9 aromatic carbocycles. The molecular weight excluding hydrogens is 765 g/mol. The van der Waals surface area contributed by atoms with Gasteiger partial charge in [-0.15, -0.1) is 0 Å². The van der Waals surface area contributed by atoms with Gasteiger partial charge in [0.1, 0.15) is 0 Å². The maximum Gasteiger partial charge on any atom is 0.0979 e. The molecule has 0 spiro atoms. The lowest BCUT2D eigenvalue weighted by Gasteiger charge is -2.34. The van der Waals surface area contributed by atoms with Crippen LogP contribution >= 0.6 is 0 Å². The number of nitrogens with zero attached hydrogens (tertiary/aromatic N) is 4. The smallest absolute Gasteiger partial charge is 0.0979 e. The molecule has 296 valence electrons. The second-order valence-electron chi connectivity index (χ2n) is 17.2. The molecule has 63 heavy (non-hydrogen) atoms. The average Bonchev–Trinajstić information content (AvgIpc) is 3.83. The van der Waals surface area contributed by atoms with E-state index >= 15 is 0 Å². The van der Waals surface area contributed by atoms with Crippen molar-refractivity contribution in [2.75, 3.05) is 4.90 Å². The molecule has 0 fully saturated rings. The molecule has 1 aliphatic heterocycles. The highest BCUT2D eigenvalue weighted by atomic mass is 15.2. The van der Waals surface area contributed by atoms with E-state index in [0.29, 0.717) is 0 Å². The van der Waals surface area contributed by atoms with Gasteiger partial charge in [-0.2, -0.15) is 0 Å². The summed E-state index contributed by atoms with van der Waals surface area (Å²) in [6.07, 6.45) is 7.56. The zero-order chi connectivity index (χ0) is 41.6. The van der Waals surface area contributed by atoms with Crippen LogP contribution in [0.2, 0.25) is 0 Å². The van der Waals surface area contributed by atoms with Crippen LogP contribution < -0.4 is 4.90 Å². The van der Waals surface area contributed by atoms with E-state index in [2.05, 4.69) is 223 Å². The fourth-order valence-electron chi connectivity index (χ4n) is 10.7. The van der Waals surface area contributed by atoms with Gasteiger partial charge in [-0.3, -0.25) is 4.98 Å². The van der Waals surface area contributed by atoms with Crippen LogP contribution in [0.4, 0.5) is 11.4 Å². The van der Waals surface area contributed by atoms with E-state index in [-0.39, 0.29) is 5.41 Å². The predicted octanol–water partition coefficient (Wildman–Crippen LogP) is 15.1. The molecular formula is C59H40N4. The summed E-state index contributed by atoms with van der Waals surface area (Å²) in [6.45, 7) is 2.42. The zero-order valence-corrected chi connectivity index (χ0v) is 34.7. The monoisotopic (exact) mass is 804 g/mol. The standard InChI is InChI=1S/C59H40N4/c1-59-36-42(30-32-56(59)63(43-18-3-2-4-19-43)55-28-12-10-26-51(55)59)40-29-31-54-50(35-40)47-23-9-11-27-53(47)62(54)44-20-14-16-39(34-44)38-15-13-17-41(33-38)52-37-60-57-48-24-7-5-21-45(48)46-22-6-8-25-49(46)58(57)61-52/h2-35,37H,36H2,1H3.